The predicted molar refractivity (Wildman–Crippen MR) is 69.4 cm³/mol. The van der Waals surface area contributed by atoms with Gasteiger partial charge in [-0.2, -0.15) is 18.2 Å². The lowest BCUT2D eigenvalue weighted by Crippen LogP contribution is -2.32. The van der Waals surface area contributed by atoms with Gasteiger partial charge in [0.1, 0.15) is 0 Å². The second kappa shape index (κ2) is 6.42. The Hall–Kier alpha value is -1.64. The largest absolute Gasteiger partial charge is 0.451 e. The van der Waals surface area contributed by atoms with Gasteiger partial charge in [-0.25, -0.2) is 0 Å². The highest BCUT2D eigenvalue weighted by molar-refractivity contribution is 5.89. The van der Waals surface area contributed by atoms with Crippen molar-refractivity contribution in [2.45, 2.75) is 32.4 Å². The second-order valence-corrected chi connectivity index (χ2v) is 5.32. The van der Waals surface area contributed by atoms with Crippen LogP contribution in [0.25, 0.3) is 0 Å². The summed E-state index contributed by atoms with van der Waals surface area (Å²) in [5.41, 5.74) is 0. The molecule has 2 heterocycles. The van der Waals surface area contributed by atoms with Gasteiger partial charge in [0.25, 0.3) is 0 Å². The van der Waals surface area contributed by atoms with Crippen LogP contribution in [-0.2, 0) is 11.0 Å². The SMILES string of the molecule is CC(CC(=O)Nc1n[nH]c(C(F)(F)F)n1)C1CCNCC1. The molecule has 1 aliphatic heterocycles. The lowest BCUT2D eigenvalue weighted by Gasteiger charge is -2.27. The maximum atomic E-state index is 12.3. The molecular weight excluding hydrogens is 287 g/mol. The highest BCUT2D eigenvalue weighted by atomic mass is 19.4. The number of carbonyl (C=O) groups excluding carboxylic acids is 1. The van der Waals surface area contributed by atoms with E-state index in [0.717, 1.165) is 25.9 Å². The molecule has 0 spiro atoms. The Morgan fingerprint density at radius 3 is 2.67 bits per heavy atom. The van der Waals surface area contributed by atoms with Gasteiger partial charge < -0.3 is 5.32 Å². The number of hydrogen-bond acceptors (Lipinski definition) is 4. The van der Waals surface area contributed by atoms with Crippen LogP contribution in [0.15, 0.2) is 0 Å². The minimum absolute atomic E-state index is 0.174. The fourth-order valence-electron chi connectivity index (χ4n) is 2.49. The number of nitrogens with one attached hydrogen (secondary N) is 3. The molecule has 0 saturated carbocycles. The zero-order valence-electron chi connectivity index (χ0n) is 11.6. The Balaban J connectivity index is 1.85. The maximum absolute atomic E-state index is 12.3. The molecule has 0 radical (unpaired) electrons. The van der Waals surface area contributed by atoms with Crippen LogP contribution in [0.3, 0.4) is 0 Å². The molecule has 1 amide bonds. The zero-order valence-corrected chi connectivity index (χ0v) is 11.6. The number of anilines is 1. The van der Waals surface area contributed by atoms with Crippen molar-refractivity contribution in [2.24, 2.45) is 11.8 Å². The molecule has 21 heavy (non-hydrogen) atoms. The molecule has 1 aromatic rings. The number of piperidine rings is 1. The molecule has 1 atom stereocenters. The van der Waals surface area contributed by atoms with E-state index in [9.17, 15) is 18.0 Å². The van der Waals surface area contributed by atoms with Crippen LogP contribution in [0.5, 0.6) is 0 Å². The first-order valence-electron chi connectivity index (χ1n) is 6.86. The minimum atomic E-state index is -4.60. The normalized spacial score (nSPS) is 18.5. The van der Waals surface area contributed by atoms with Crippen molar-refractivity contribution in [2.75, 3.05) is 18.4 Å². The molecule has 6 nitrogen and oxygen atoms in total. The summed E-state index contributed by atoms with van der Waals surface area (Å²) in [7, 11) is 0. The molecule has 2 rings (SSSR count). The first-order valence-corrected chi connectivity index (χ1v) is 6.86. The van der Waals surface area contributed by atoms with Gasteiger partial charge in [-0.15, -0.1) is 5.10 Å². The third kappa shape index (κ3) is 4.42. The molecule has 1 saturated heterocycles. The van der Waals surface area contributed by atoms with Gasteiger partial charge in [-0.05, 0) is 37.8 Å². The Morgan fingerprint density at radius 1 is 1.43 bits per heavy atom. The summed E-state index contributed by atoms with van der Waals surface area (Å²) in [6.45, 7) is 3.85. The minimum Gasteiger partial charge on any atom is -0.317 e. The number of halogens is 3. The summed E-state index contributed by atoms with van der Waals surface area (Å²) in [6.07, 6.45) is -2.33. The van der Waals surface area contributed by atoms with E-state index in [1.807, 2.05) is 6.92 Å². The van der Waals surface area contributed by atoms with Gasteiger partial charge in [0, 0.05) is 6.42 Å². The molecule has 9 heteroatoms. The van der Waals surface area contributed by atoms with Gasteiger partial charge >= 0.3 is 6.18 Å². The number of rotatable bonds is 4. The van der Waals surface area contributed by atoms with E-state index in [2.05, 4.69) is 20.7 Å². The Morgan fingerprint density at radius 2 is 2.10 bits per heavy atom. The molecule has 0 aliphatic carbocycles. The highest BCUT2D eigenvalue weighted by Crippen LogP contribution is 2.27. The van der Waals surface area contributed by atoms with Gasteiger partial charge in [-0.1, -0.05) is 6.92 Å². The van der Waals surface area contributed by atoms with Gasteiger partial charge in [-0.3, -0.25) is 15.2 Å². The molecule has 1 unspecified atom stereocenters. The number of H-pyrrole nitrogens is 1. The fraction of sp³-hybridized carbons (Fsp3) is 0.750. The summed E-state index contributed by atoms with van der Waals surface area (Å²) in [5, 5.41) is 10.6. The van der Waals surface area contributed by atoms with E-state index in [-0.39, 0.29) is 24.2 Å². The summed E-state index contributed by atoms with van der Waals surface area (Å²) in [4.78, 5) is 15.0. The van der Waals surface area contributed by atoms with E-state index in [1.165, 1.54) is 0 Å². The van der Waals surface area contributed by atoms with Crippen molar-refractivity contribution >= 4 is 11.9 Å². The molecule has 1 fully saturated rings. The van der Waals surface area contributed by atoms with Crippen molar-refractivity contribution in [3.63, 3.8) is 0 Å². The Bertz CT molecular complexity index is 481. The van der Waals surface area contributed by atoms with Crippen LogP contribution < -0.4 is 10.6 Å². The van der Waals surface area contributed by atoms with Crippen molar-refractivity contribution < 1.29 is 18.0 Å². The number of aromatic nitrogens is 3. The molecule has 0 aromatic carbocycles. The second-order valence-electron chi connectivity index (χ2n) is 5.32. The summed E-state index contributed by atoms with van der Waals surface area (Å²) < 4.78 is 37.0. The number of aromatic amines is 1. The van der Waals surface area contributed by atoms with E-state index in [0.29, 0.717) is 5.92 Å². The van der Waals surface area contributed by atoms with Gasteiger partial charge in [0.15, 0.2) is 0 Å². The van der Waals surface area contributed by atoms with Crippen LogP contribution in [-0.4, -0.2) is 34.2 Å². The first-order chi connectivity index (χ1) is 9.86. The fourth-order valence-corrected chi connectivity index (χ4v) is 2.49. The zero-order chi connectivity index (χ0) is 15.5. The Labute approximate surface area is 119 Å². The van der Waals surface area contributed by atoms with E-state index < -0.39 is 12.0 Å². The van der Waals surface area contributed by atoms with Gasteiger partial charge in [0.05, 0.1) is 0 Å². The van der Waals surface area contributed by atoms with Gasteiger partial charge in [0.2, 0.25) is 17.7 Å². The summed E-state index contributed by atoms with van der Waals surface area (Å²) in [5.74, 6) is -1.30. The number of nitrogens with zero attached hydrogens (tertiary/aromatic N) is 2. The molecule has 0 bridgehead atoms. The van der Waals surface area contributed by atoms with Crippen molar-refractivity contribution in [1.82, 2.24) is 20.5 Å². The average Bonchev–Trinajstić information content (AvgIpc) is 2.88. The highest BCUT2D eigenvalue weighted by Gasteiger charge is 2.35. The maximum Gasteiger partial charge on any atom is 0.451 e. The molecule has 1 aromatic heterocycles. The predicted octanol–water partition coefficient (Wildman–Crippen LogP) is 1.79. The number of hydrogen-bond donors (Lipinski definition) is 3. The molecule has 1 aliphatic rings. The van der Waals surface area contributed by atoms with Crippen LogP contribution >= 0.6 is 0 Å². The third-order valence-corrected chi connectivity index (χ3v) is 3.70. The lowest BCUT2D eigenvalue weighted by atomic mass is 9.84. The van der Waals surface area contributed by atoms with E-state index in [4.69, 9.17) is 0 Å². The van der Waals surface area contributed by atoms with Crippen LogP contribution in [0, 0.1) is 11.8 Å². The summed E-state index contributed by atoms with van der Waals surface area (Å²) >= 11 is 0. The van der Waals surface area contributed by atoms with Crippen molar-refractivity contribution in [1.29, 1.82) is 0 Å². The van der Waals surface area contributed by atoms with Crippen molar-refractivity contribution in [3.05, 3.63) is 5.82 Å². The third-order valence-electron chi connectivity index (χ3n) is 3.70. The molecular formula is C12H18F3N5O. The first kappa shape index (κ1) is 15.7. The van der Waals surface area contributed by atoms with Crippen LogP contribution in [0.2, 0.25) is 0 Å². The molecule has 118 valence electrons. The quantitative estimate of drug-likeness (QED) is 0.792. The van der Waals surface area contributed by atoms with Crippen LogP contribution in [0.4, 0.5) is 19.1 Å². The number of amides is 1. The average molecular weight is 305 g/mol. The van der Waals surface area contributed by atoms with Crippen molar-refractivity contribution in [3.8, 4) is 0 Å². The topological polar surface area (TPSA) is 82.7 Å². The smallest absolute Gasteiger partial charge is 0.317 e. The number of carbonyl (C=O) groups is 1. The summed E-state index contributed by atoms with van der Waals surface area (Å²) in [6, 6.07) is 0. The lowest BCUT2D eigenvalue weighted by molar-refractivity contribution is -0.144. The number of alkyl halides is 3. The standard InChI is InChI=1S/C12H18F3N5O/c1-7(8-2-4-16-5-3-8)6-9(21)17-11-18-10(19-20-11)12(13,14)15/h7-8,16H,2-6H2,1H3,(H2,17,18,19,20,21). The van der Waals surface area contributed by atoms with Crippen LogP contribution in [0.1, 0.15) is 32.0 Å². The molecule has 3 N–H and O–H groups in total. The van der Waals surface area contributed by atoms with E-state index >= 15 is 0 Å². The Kier molecular flexibility index (Phi) is 4.81. The van der Waals surface area contributed by atoms with E-state index in [1.54, 1.807) is 5.10 Å². The monoisotopic (exact) mass is 305 g/mol.